The monoisotopic (exact) mass is 248 g/mol. The molecule has 2 aliphatic carbocycles. The Hall–Kier alpha value is -0.730. The van der Waals surface area contributed by atoms with Crippen molar-refractivity contribution in [3.05, 3.63) is 46.9 Å². The Labute approximate surface area is 108 Å². The summed E-state index contributed by atoms with van der Waals surface area (Å²) in [6.07, 6.45) is 15.4. The molecule has 0 amide bonds. The van der Waals surface area contributed by atoms with Crippen LogP contribution >= 0.6 is 11.8 Å². The standard InChI is InChI=1S/C15H20OS/c1-12(2)16-15(11-7-6-8-13(15)3)17-14-9-4-5-10-14/h4,6-10,12H,5,11H2,1-3H3. The maximum Gasteiger partial charge on any atom is 0.143 e. The van der Waals surface area contributed by atoms with Crippen LogP contribution in [0.3, 0.4) is 0 Å². The third kappa shape index (κ3) is 2.93. The van der Waals surface area contributed by atoms with Gasteiger partial charge >= 0.3 is 0 Å². The van der Waals surface area contributed by atoms with Crippen LogP contribution in [0.1, 0.15) is 33.6 Å². The molecule has 17 heavy (non-hydrogen) atoms. The molecule has 1 nitrogen and oxygen atoms in total. The Kier molecular flexibility index (Phi) is 3.95. The van der Waals surface area contributed by atoms with Gasteiger partial charge in [-0.25, -0.2) is 0 Å². The summed E-state index contributed by atoms with van der Waals surface area (Å²) in [5.74, 6) is 0. The molecule has 0 saturated carbocycles. The lowest BCUT2D eigenvalue weighted by Gasteiger charge is -2.37. The molecule has 0 saturated heterocycles. The van der Waals surface area contributed by atoms with E-state index in [9.17, 15) is 0 Å². The third-order valence-electron chi connectivity index (χ3n) is 2.92. The highest BCUT2D eigenvalue weighted by molar-refractivity contribution is 8.04. The molecule has 0 aliphatic heterocycles. The van der Waals surface area contributed by atoms with Gasteiger partial charge in [-0.2, -0.15) is 0 Å². The van der Waals surface area contributed by atoms with Crippen molar-refractivity contribution >= 4 is 11.8 Å². The fourth-order valence-corrected chi connectivity index (χ4v) is 3.47. The molecule has 0 aromatic heterocycles. The molecular weight excluding hydrogens is 228 g/mol. The Balaban J connectivity index is 2.20. The normalized spacial score (nSPS) is 27.5. The molecule has 0 spiro atoms. The van der Waals surface area contributed by atoms with Gasteiger partial charge in [-0.05, 0) is 32.8 Å². The van der Waals surface area contributed by atoms with Crippen molar-refractivity contribution in [1.29, 1.82) is 0 Å². The fourth-order valence-electron chi connectivity index (χ4n) is 2.09. The first kappa shape index (κ1) is 12.7. The smallest absolute Gasteiger partial charge is 0.143 e. The highest BCUT2D eigenvalue weighted by Gasteiger charge is 2.36. The summed E-state index contributed by atoms with van der Waals surface area (Å²) in [5.41, 5.74) is 1.31. The highest BCUT2D eigenvalue weighted by Crippen LogP contribution is 2.45. The molecule has 1 atom stereocenters. The van der Waals surface area contributed by atoms with E-state index in [1.807, 2.05) is 11.8 Å². The minimum Gasteiger partial charge on any atom is -0.357 e. The van der Waals surface area contributed by atoms with Gasteiger partial charge in [0.25, 0.3) is 0 Å². The van der Waals surface area contributed by atoms with Crippen LogP contribution in [-0.4, -0.2) is 11.0 Å². The van der Waals surface area contributed by atoms with Crippen LogP contribution in [0.2, 0.25) is 0 Å². The lowest BCUT2D eigenvalue weighted by atomic mass is 10.0. The van der Waals surface area contributed by atoms with Crippen molar-refractivity contribution < 1.29 is 4.74 Å². The summed E-state index contributed by atoms with van der Waals surface area (Å²) in [6.45, 7) is 6.37. The van der Waals surface area contributed by atoms with Gasteiger partial charge in [0.15, 0.2) is 0 Å². The number of hydrogen-bond donors (Lipinski definition) is 0. The molecule has 2 rings (SSSR count). The van der Waals surface area contributed by atoms with Crippen LogP contribution in [0.4, 0.5) is 0 Å². The molecule has 0 radical (unpaired) electrons. The number of hydrogen-bond acceptors (Lipinski definition) is 2. The highest BCUT2D eigenvalue weighted by atomic mass is 32.2. The molecule has 0 aromatic rings. The SMILES string of the molecule is CC1=CC=CCC1(OC(C)C)SC1=CCC=C1. The zero-order valence-electron chi connectivity index (χ0n) is 10.8. The second-order valence-electron chi connectivity index (χ2n) is 4.75. The van der Waals surface area contributed by atoms with Gasteiger partial charge in [0, 0.05) is 11.3 Å². The van der Waals surface area contributed by atoms with Gasteiger partial charge in [-0.1, -0.05) is 48.2 Å². The fraction of sp³-hybridized carbons (Fsp3) is 0.467. The minimum absolute atomic E-state index is 0.205. The van der Waals surface area contributed by atoms with E-state index in [1.165, 1.54) is 10.5 Å². The van der Waals surface area contributed by atoms with Gasteiger partial charge in [0.2, 0.25) is 0 Å². The van der Waals surface area contributed by atoms with Crippen LogP contribution < -0.4 is 0 Å². The molecular formula is C15H20OS. The summed E-state index contributed by atoms with van der Waals surface area (Å²) in [6, 6.07) is 0. The summed E-state index contributed by atoms with van der Waals surface area (Å²) >= 11 is 1.84. The van der Waals surface area contributed by atoms with Gasteiger partial charge in [-0.3, -0.25) is 0 Å². The molecule has 1 unspecified atom stereocenters. The first-order valence-electron chi connectivity index (χ1n) is 6.20. The van der Waals surface area contributed by atoms with Gasteiger partial charge in [0.05, 0.1) is 6.10 Å². The van der Waals surface area contributed by atoms with E-state index in [2.05, 4.69) is 57.2 Å². The summed E-state index contributed by atoms with van der Waals surface area (Å²) in [5, 5.41) is 0. The molecule has 2 aliphatic rings. The van der Waals surface area contributed by atoms with Crippen LogP contribution in [0.15, 0.2) is 46.9 Å². The maximum absolute atomic E-state index is 6.22. The van der Waals surface area contributed by atoms with Crippen LogP contribution in [0, 0.1) is 0 Å². The van der Waals surface area contributed by atoms with Crippen LogP contribution in [0.25, 0.3) is 0 Å². The second-order valence-corrected chi connectivity index (χ2v) is 6.08. The first-order chi connectivity index (χ1) is 8.12. The van der Waals surface area contributed by atoms with Crippen molar-refractivity contribution in [3.8, 4) is 0 Å². The minimum atomic E-state index is -0.205. The molecule has 0 fully saturated rings. The number of rotatable bonds is 4. The molecule has 2 heteroatoms. The lowest BCUT2D eigenvalue weighted by molar-refractivity contribution is 0.00731. The molecule has 0 heterocycles. The average Bonchev–Trinajstić information content (AvgIpc) is 2.74. The Morgan fingerprint density at radius 1 is 1.35 bits per heavy atom. The predicted molar refractivity (Wildman–Crippen MR) is 75.9 cm³/mol. The Morgan fingerprint density at radius 2 is 2.18 bits per heavy atom. The van der Waals surface area contributed by atoms with E-state index in [0.717, 1.165) is 12.8 Å². The zero-order valence-corrected chi connectivity index (χ0v) is 11.6. The molecule has 0 bridgehead atoms. The quantitative estimate of drug-likeness (QED) is 0.673. The Bertz CT molecular complexity index is 401. The maximum atomic E-state index is 6.22. The van der Waals surface area contributed by atoms with Crippen molar-refractivity contribution in [2.24, 2.45) is 0 Å². The summed E-state index contributed by atoms with van der Waals surface area (Å²) < 4.78 is 6.22. The van der Waals surface area contributed by atoms with Crippen molar-refractivity contribution in [2.45, 2.75) is 44.6 Å². The predicted octanol–water partition coefficient (Wildman–Crippen LogP) is 4.59. The molecule has 0 aromatic carbocycles. The summed E-state index contributed by atoms with van der Waals surface area (Å²) in [7, 11) is 0. The van der Waals surface area contributed by atoms with Crippen molar-refractivity contribution in [1.82, 2.24) is 0 Å². The van der Waals surface area contributed by atoms with E-state index in [1.54, 1.807) is 0 Å². The van der Waals surface area contributed by atoms with Gasteiger partial charge < -0.3 is 4.74 Å². The zero-order chi connectivity index (χ0) is 12.3. The summed E-state index contributed by atoms with van der Waals surface area (Å²) in [4.78, 5) is 1.12. The Morgan fingerprint density at radius 3 is 2.76 bits per heavy atom. The van der Waals surface area contributed by atoms with E-state index in [4.69, 9.17) is 4.74 Å². The van der Waals surface area contributed by atoms with Gasteiger partial charge in [0.1, 0.15) is 4.93 Å². The molecule has 92 valence electrons. The van der Waals surface area contributed by atoms with Crippen LogP contribution in [0.5, 0.6) is 0 Å². The third-order valence-corrected chi connectivity index (χ3v) is 4.37. The van der Waals surface area contributed by atoms with Crippen LogP contribution in [-0.2, 0) is 4.74 Å². The first-order valence-corrected chi connectivity index (χ1v) is 7.01. The van der Waals surface area contributed by atoms with Crippen molar-refractivity contribution in [2.75, 3.05) is 0 Å². The topological polar surface area (TPSA) is 9.23 Å². The van der Waals surface area contributed by atoms with E-state index in [0.29, 0.717) is 0 Å². The van der Waals surface area contributed by atoms with E-state index < -0.39 is 0 Å². The number of ether oxygens (including phenoxy) is 1. The van der Waals surface area contributed by atoms with E-state index in [-0.39, 0.29) is 11.0 Å². The second kappa shape index (κ2) is 5.28. The molecule has 0 N–H and O–H groups in total. The largest absolute Gasteiger partial charge is 0.357 e. The lowest BCUT2D eigenvalue weighted by Crippen LogP contribution is -2.33. The number of thioether (sulfide) groups is 1. The number of allylic oxidation sites excluding steroid dienone is 5. The van der Waals surface area contributed by atoms with Crippen molar-refractivity contribution in [3.63, 3.8) is 0 Å². The van der Waals surface area contributed by atoms with Gasteiger partial charge in [-0.15, -0.1) is 0 Å². The van der Waals surface area contributed by atoms with E-state index >= 15 is 0 Å². The average molecular weight is 248 g/mol.